The number of allylic oxidation sites excluding steroid dienone is 3. The first-order valence-electron chi connectivity index (χ1n) is 9.63. The fourth-order valence-corrected chi connectivity index (χ4v) is 3.85. The Balaban J connectivity index is 1.46. The third kappa shape index (κ3) is 4.67. The van der Waals surface area contributed by atoms with Gasteiger partial charge in [0.1, 0.15) is 5.60 Å². The molecule has 2 saturated heterocycles. The van der Waals surface area contributed by atoms with Crippen molar-refractivity contribution in [2.24, 2.45) is 0 Å². The molecule has 0 N–H and O–H groups in total. The Morgan fingerprint density at radius 3 is 2.88 bits per heavy atom. The first-order valence-corrected chi connectivity index (χ1v) is 9.63. The van der Waals surface area contributed by atoms with Crippen LogP contribution < -0.4 is 0 Å². The Kier molecular flexibility index (Phi) is 5.71. The van der Waals surface area contributed by atoms with Gasteiger partial charge in [-0.15, -0.1) is 0 Å². The molecule has 0 saturated carbocycles. The predicted octanol–water partition coefficient (Wildman–Crippen LogP) is 5.14. The van der Waals surface area contributed by atoms with Crippen molar-refractivity contribution in [2.45, 2.75) is 83.0 Å². The third-order valence-electron chi connectivity index (χ3n) is 5.58. The van der Waals surface area contributed by atoms with Crippen LogP contribution >= 0.6 is 0 Å². The quantitative estimate of drug-likeness (QED) is 0.500. The number of hydrogen-bond donors (Lipinski definition) is 0. The smallest absolute Gasteiger partial charge is 0.306 e. The van der Waals surface area contributed by atoms with Crippen LogP contribution in [0.1, 0.15) is 64.9 Å². The lowest BCUT2D eigenvalue weighted by Crippen LogP contribution is -2.40. The molecule has 26 heavy (non-hydrogen) atoms. The van der Waals surface area contributed by atoms with Gasteiger partial charge in [0.2, 0.25) is 0 Å². The summed E-state index contributed by atoms with van der Waals surface area (Å²) in [7, 11) is 0. The molecule has 4 nitrogen and oxygen atoms in total. The molecule has 2 aliphatic rings. The normalized spacial score (nSPS) is 32.5. The van der Waals surface area contributed by atoms with Crippen molar-refractivity contribution >= 4 is 5.97 Å². The highest BCUT2D eigenvalue weighted by atomic mass is 16.6. The van der Waals surface area contributed by atoms with Crippen molar-refractivity contribution in [3.8, 4) is 0 Å². The highest BCUT2D eigenvalue weighted by molar-refractivity contribution is 5.72. The minimum atomic E-state index is -0.453. The van der Waals surface area contributed by atoms with E-state index >= 15 is 0 Å². The molecular weight excluding hydrogens is 328 g/mol. The third-order valence-corrected chi connectivity index (χ3v) is 5.58. The van der Waals surface area contributed by atoms with E-state index < -0.39 is 5.60 Å². The maximum Gasteiger partial charge on any atom is 0.306 e. The molecule has 2 aliphatic heterocycles. The molecule has 3 atom stereocenters. The summed E-state index contributed by atoms with van der Waals surface area (Å²) >= 11 is 0. The summed E-state index contributed by atoms with van der Waals surface area (Å²) in [5.74, 6) is -0.101. The summed E-state index contributed by atoms with van der Waals surface area (Å²) in [6, 6.07) is 2.01. The zero-order valence-corrected chi connectivity index (χ0v) is 16.1. The Bertz CT molecular complexity index is 672. The molecule has 1 aromatic heterocycles. The first-order chi connectivity index (χ1) is 12.4. The van der Waals surface area contributed by atoms with Crippen molar-refractivity contribution < 1.29 is 18.7 Å². The van der Waals surface area contributed by atoms with E-state index in [4.69, 9.17) is 13.9 Å². The average molecular weight is 358 g/mol. The van der Waals surface area contributed by atoms with E-state index in [1.165, 1.54) is 11.1 Å². The lowest BCUT2D eigenvalue weighted by atomic mass is 9.92. The maximum absolute atomic E-state index is 11.5. The average Bonchev–Trinajstić information content (AvgIpc) is 3.30. The van der Waals surface area contributed by atoms with E-state index in [1.54, 1.807) is 12.5 Å². The van der Waals surface area contributed by atoms with Crippen LogP contribution in [0, 0.1) is 0 Å². The Labute approximate surface area is 156 Å². The van der Waals surface area contributed by atoms with Crippen molar-refractivity contribution in [3.63, 3.8) is 0 Å². The second kappa shape index (κ2) is 7.83. The Hall–Kier alpha value is -1.81. The number of aryl methyl sites for hydroxylation is 1. The van der Waals surface area contributed by atoms with Crippen molar-refractivity contribution in [1.29, 1.82) is 0 Å². The van der Waals surface area contributed by atoms with Crippen molar-refractivity contribution in [3.05, 3.63) is 48.0 Å². The van der Waals surface area contributed by atoms with Gasteiger partial charge >= 0.3 is 5.97 Å². The number of ether oxygens (including phenoxy) is 2. The molecular formula is C22H30O4. The molecule has 0 amide bonds. The number of furan rings is 1. The van der Waals surface area contributed by atoms with E-state index in [1.807, 2.05) is 13.0 Å². The van der Waals surface area contributed by atoms with Crippen LogP contribution in [0.3, 0.4) is 0 Å². The van der Waals surface area contributed by atoms with Crippen LogP contribution in [0.2, 0.25) is 0 Å². The number of rotatable bonds is 7. The Morgan fingerprint density at radius 1 is 1.35 bits per heavy atom. The highest BCUT2D eigenvalue weighted by Crippen LogP contribution is 2.42. The van der Waals surface area contributed by atoms with E-state index in [2.05, 4.69) is 32.1 Å². The van der Waals surface area contributed by atoms with E-state index in [0.29, 0.717) is 6.42 Å². The summed E-state index contributed by atoms with van der Waals surface area (Å²) in [6.07, 6.45) is 16.3. The lowest BCUT2D eigenvalue weighted by molar-refractivity contribution is -0.162. The van der Waals surface area contributed by atoms with Gasteiger partial charge in [-0.05, 0) is 70.9 Å². The van der Waals surface area contributed by atoms with Gasteiger partial charge < -0.3 is 13.9 Å². The van der Waals surface area contributed by atoms with Crippen LogP contribution in [0.5, 0.6) is 0 Å². The molecule has 0 aromatic carbocycles. The minimum Gasteiger partial charge on any atom is -0.472 e. The summed E-state index contributed by atoms with van der Waals surface area (Å²) in [5, 5.41) is 0. The van der Waals surface area contributed by atoms with Gasteiger partial charge in [-0.2, -0.15) is 0 Å². The molecule has 2 fully saturated rings. The van der Waals surface area contributed by atoms with Crippen molar-refractivity contribution in [2.75, 3.05) is 0 Å². The summed E-state index contributed by atoms with van der Waals surface area (Å²) < 4.78 is 16.9. The minimum absolute atomic E-state index is 0.00445. The van der Waals surface area contributed by atoms with E-state index in [-0.39, 0.29) is 17.7 Å². The van der Waals surface area contributed by atoms with Crippen LogP contribution in [0.25, 0.3) is 0 Å². The Morgan fingerprint density at radius 2 is 2.19 bits per heavy atom. The van der Waals surface area contributed by atoms with Gasteiger partial charge in [-0.1, -0.05) is 23.8 Å². The van der Waals surface area contributed by atoms with Gasteiger partial charge in [0, 0.05) is 6.42 Å². The summed E-state index contributed by atoms with van der Waals surface area (Å²) in [6.45, 7) is 6.30. The molecule has 0 radical (unpaired) electrons. The second-order valence-corrected chi connectivity index (χ2v) is 8.07. The van der Waals surface area contributed by atoms with E-state index in [0.717, 1.165) is 38.5 Å². The van der Waals surface area contributed by atoms with Crippen LogP contribution in [0.4, 0.5) is 0 Å². The fourth-order valence-electron chi connectivity index (χ4n) is 3.85. The standard InChI is InChI=1S/C22H30O4/c1-17(6-4-8-18-11-15-24-16-18)7-5-12-21(2)13-9-19(25-21)22(3)14-10-20(23)26-22/h5-6,11-12,15-16,19H,4,7-10,13-14H2,1-3H3/b12-5+,17-6+/t19-,21+,22+/m1/s1. The molecule has 0 unspecified atom stereocenters. The zero-order valence-electron chi connectivity index (χ0n) is 16.1. The zero-order chi connectivity index (χ0) is 18.6. The number of cyclic esters (lactones) is 1. The molecule has 0 bridgehead atoms. The molecule has 3 rings (SSSR count). The van der Waals surface area contributed by atoms with Gasteiger partial charge in [-0.3, -0.25) is 4.79 Å². The largest absolute Gasteiger partial charge is 0.472 e. The SMILES string of the molecule is C/C(=C\CCc1ccoc1)C/C=C/[C@@]1(C)CC[C@H]([C@]2(C)CCC(=O)O2)O1. The van der Waals surface area contributed by atoms with Gasteiger partial charge in [0.25, 0.3) is 0 Å². The molecule has 3 heterocycles. The van der Waals surface area contributed by atoms with Crippen LogP contribution in [0.15, 0.2) is 46.8 Å². The molecule has 4 heteroatoms. The first kappa shape index (κ1) is 19.0. The lowest BCUT2D eigenvalue weighted by Gasteiger charge is -2.31. The van der Waals surface area contributed by atoms with E-state index in [9.17, 15) is 4.79 Å². The second-order valence-electron chi connectivity index (χ2n) is 8.07. The van der Waals surface area contributed by atoms with Crippen molar-refractivity contribution in [1.82, 2.24) is 0 Å². The number of carbonyl (C=O) groups is 1. The highest BCUT2D eigenvalue weighted by Gasteiger charge is 2.49. The fraction of sp³-hybridized carbons (Fsp3) is 0.591. The van der Waals surface area contributed by atoms with Crippen LogP contribution in [-0.2, 0) is 20.7 Å². The number of carbonyl (C=O) groups excluding carboxylic acids is 1. The molecule has 0 spiro atoms. The molecule has 142 valence electrons. The van der Waals surface area contributed by atoms with Crippen LogP contribution in [-0.4, -0.2) is 23.3 Å². The topological polar surface area (TPSA) is 48.7 Å². The summed E-state index contributed by atoms with van der Waals surface area (Å²) in [5.41, 5.74) is 1.88. The molecule has 1 aromatic rings. The maximum atomic E-state index is 11.5. The monoisotopic (exact) mass is 358 g/mol. The van der Waals surface area contributed by atoms with Gasteiger partial charge in [0.05, 0.1) is 24.2 Å². The number of esters is 1. The van der Waals surface area contributed by atoms with Gasteiger partial charge in [-0.25, -0.2) is 0 Å². The molecule has 0 aliphatic carbocycles. The van der Waals surface area contributed by atoms with Gasteiger partial charge in [0.15, 0.2) is 0 Å². The summed E-state index contributed by atoms with van der Waals surface area (Å²) in [4.78, 5) is 11.5. The number of hydrogen-bond acceptors (Lipinski definition) is 4. The predicted molar refractivity (Wildman–Crippen MR) is 101 cm³/mol.